The van der Waals surface area contributed by atoms with E-state index in [9.17, 15) is 26.4 Å². The Morgan fingerprint density at radius 2 is 1.91 bits per heavy atom. The van der Waals surface area contributed by atoms with Crippen LogP contribution in [0, 0.1) is 0 Å². The first-order valence-corrected chi connectivity index (χ1v) is 12.0. The fraction of sp³-hybridized carbons (Fsp3) is 0.364. The van der Waals surface area contributed by atoms with Gasteiger partial charge < -0.3 is 14.5 Å². The monoisotopic (exact) mass is 498 g/mol. The molecular weight excluding hydrogens is 473 g/mol. The van der Waals surface area contributed by atoms with E-state index in [1.54, 1.807) is 23.2 Å². The van der Waals surface area contributed by atoms with E-state index in [4.69, 9.17) is 4.74 Å². The third-order valence-electron chi connectivity index (χ3n) is 5.11. The number of allylic oxidation sites excluding steroid dienone is 1. The van der Waals surface area contributed by atoms with Crippen LogP contribution in [0.2, 0.25) is 0 Å². The fourth-order valence-electron chi connectivity index (χ4n) is 3.24. The number of hydrogen-bond acceptors (Lipinski definition) is 7. The van der Waals surface area contributed by atoms with Crippen LogP contribution in [0.1, 0.15) is 32.3 Å². The summed E-state index contributed by atoms with van der Waals surface area (Å²) in [5.41, 5.74) is -3.02. The first kappa shape index (κ1) is 25.3. The average molecular weight is 499 g/mol. The van der Waals surface area contributed by atoms with Gasteiger partial charge in [0.2, 0.25) is 0 Å². The number of alkyl halides is 3. The molecule has 2 aromatic rings. The van der Waals surface area contributed by atoms with Gasteiger partial charge in [0.1, 0.15) is 5.82 Å². The molecule has 1 aliphatic rings. The Balaban J connectivity index is 1.63. The number of nitrogens with one attached hydrogen (secondary N) is 1. The lowest BCUT2D eigenvalue weighted by molar-refractivity contribution is -0.0436. The van der Waals surface area contributed by atoms with Crippen LogP contribution in [0.4, 0.5) is 29.5 Å². The number of nitrogens with zero attached hydrogens (tertiary/aromatic N) is 3. The molecule has 1 aromatic carbocycles. The van der Waals surface area contributed by atoms with Gasteiger partial charge in [-0.2, -0.15) is 13.2 Å². The number of benzene rings is 1. The molecule has 3 rings (SSSR count). The number of pyridine rings is 1. The van der Waals surface area contributed by atoms with Gasteiger partial charge in [0, 0.05) is 30.3 Å². The fourth-order valence-corrected chi connectivity index (χ4v) is 4.00. The normalized spacial score (nSPS) is 14.2. The van der Waals surface area contributed by atoms with Gasteiger partial charge in [0.05, 0.1) is 18.2 Å². The molecule has 8 nitrogen and oxygen atoms in total. The smallest absolute Gasteiger partial charge is 0.449 e. The maximum absolute atomic E-state index is 12.7. The minimum atomic E-state index is -5.39. The highest BCUT2D eigenvalue weighted by molar-refractivity contribution is 7.92. The average Bonchev–Trinajstić information content (AvgIpc) is 3.13. The summed E-state index contributed by atoms with van der Waals surface area (Å²) >= 11 is 0. The summed E-state index contributed by atoms with van der Waals surface area (Å²) in [7, 11) is -5.39. The van der Waals surface area contributed by atoms with Crippen molar-refractivity contribution in [2.75, 3.05) is 23.5 Å². The van der Waals surface area contributed by atoms with Gasteiger partial charge >= 0.3 is 11.6 Å². The highest BCUT2D eigenvalue weighted by atomic mass is 32.2. The van der Waals surface area contributed by atoms with Crippen molar-refractivity contribution < 1.29 is 31.1 Å². The maximum Gasteiger partial charge on any atom is 0.501 e. The Bertz CT molecular complexity index is 1150. The van der Waals surface area contributed by atoms with Crippen LogP contribution in [0.25, 0.3) is 0 Å². The molecule has 0 spiro atoms. The van der Waals surface area contributed by atoms with Gasteiger partial charge in [-0.05, 0) is 55.3 Å². The minimum Gasteiger partial charge on any atom is -0.449 e. The first-order chi connectivity index (χ1) is 16.0. The molecule has 0 aliphatic carbocycles. The van der Waals surface area contributed by atoms with Gasteiger partial charge in [0.25, 0.3) is 9.84 Å². The van der Waals surface area contributed by atoms with Gasteiger partial charge in [0.15, 0.2) is 0 Å². The van der Waals surface area contributed by atoms with E-state index in [0.29, 0.717) is 31.3 Å². The van der Waals surface area contributed by atoms with E-state index in [0.717, 1.165) is 36.2 Å². The first-order valence-electron chi connectivity index (χ1n) is 10.5. The molecule has 0 saturated heterocycles. The van der Waals surface area contributed by atoms with Crippen molar-refractivity contribution in [1.82, 2.24) is 9.88 Å². The van der Waals surface area contributed by atoms with Crippen molar-refractivity contribution in [2.24, 2.45) is 0 Å². The molecular formula is C22H25F3N4O4S. The van der Waals surface area contributed by atoms with Gasteiger partial charge in [-0.15, -0.1) is 0 Å². The molecule has 184 valence electrons. The van der Waals surface area contributed by atoms with Gasteiger partial charge in [-0.25, -0.2) is 18.2 Å². The predicted octanol–water partition coefficient (Wildman–Crippen LogP) is 4.86. The third kappa shape index (κ3) is 5.99. The van der Waals surface area contributed by atoms with Crippen molar-refractivity contribution in [1.29, 1.82) is 0 Å². The summed E-state index contributed by atoms with van der Waals surface area (Å²) in [6.45, 7) is 5.10. The molecule has 1 aromatic heterocycles. The second-order valence-corrected chi connectivity index (χ2v) is 9.63. The summed E-state index contributed by atoms with van der Waals surface area (Å²) < 4.78 is 66.4. The number of rotatable bonds is 8. The molecule has 0 bridgehead atoms. The molecule has 0 radical (unpaired) electrons. The number of carbonyl (C=O) groups is 1. The summed E-state index contributed by atoms with van der Waals surface area (Å²) in [6.07, 6.45) is 4.51. The second kappa shape index (κ2) is 10.3. The van der Waals surface area contributed by atoms with Crippen LogP contribution in [0.5, 0.6) is 0 Å². The molecule has 1 aliphatic heterocycles. The van der Waals surface area contributed by atoms with Gasteiger partial charge in [-0.1, -0.05) is 13.3 Å². The Hall–Kier alpha value is -3.28. The van der Waals surface area contributed by atoms with E-state index in [1.165, 1.54) is 12.1 Å². The number of anilines is 2. The summed E-state index contributed by atoms with van der Waals surface area (Å²) in [6, 6.07) is 8.11. The number of carbonyl (C=O) groups excluding carboxylic acids is 1. The standard InChI is InChI=1S/C22H25F3N4O4S/c1-3-4-11-33-21(30)27-20-12-17(9-10-26-20)14-28-15-29(13-16(28)2)18-5-7-19(8-6-18)34(31,32)22(23,24)25/h5-10,12-13H,3-4,11,14-15H2,1-2H3,(H,26,27,30). The molecule has 0 atom stereocenters. The number of aromatic nitrogens is 1. The summed E-state index contributed by atoms with van der Waals surface area (Å²) in [4.78, 5) is 19.0. The van der Waals surface area contributed by atoms with E-state index < -0.39 is 26.3 Å². The molecule has 0 saturated carbocycles. The SMILES string of the molecule is CCCCOC(=O)Nc1cc(CN2CN(c3ccc(S(=O)(=O)C(F)(F)F)cc3)C=C2C)ccn1. The van der Waals surface area contributed by atoms with Crippen molar-refractivity contribution in [3.63, 3.8) is 0 Å². The summed E-state index contributed by atoms with van der Waals surface area (Å²) in [5, 5.41) is 2.59. The topological polar surface area (TPSA) is 91.8 Å². The Morgan fingerprint density at radius 3 is 2.56 bits per heavy atom. The van der Waals surface area contributed by atoms with Crippen molar-refractivity contribution in [3.05, 3.63) is 60.1 Å². The number of unbranched alkanes of at least 4 members (excludes halogenated alkanes) is 1. The number of halogens is 3. The molecule has 12 heteroatoms. The van der Waals surface area contributed by atoms with Crippen molar-refractivity contribution in [2.45, 2.75) is 43.6 Å². The van der Waals surface area contributed by atoms with Crippen LogP contribution in [-0.2, 0) is 21.1 Å². The number of sulfone groups is 1. The number of ether oxygens (including phenoxy) is 1. The quantitative estimate of drug-likeness (QED) is 0.520. The van der Waals surface area contributed by atoms with E-state index in [-0.39, 0.29) is 0 Å². The lowest BCUT2D eigenvalue weighted by atomic mass is 10.2. The van der Waals surface area contributed by atoms with Crippen LogP contribution in [0.3, 0.4) is 0 Å². The zero-order valence-corrected chi connectivity index (χ0v) is 19.5. The predicted molar refractivity (Wildman–Crippen MR) is 120 cm³/mol. The van der Waals surface area contributed by atoms with Crippen LogP contribution < -0.4 is 10.2 Å². The third-order valence-corrected chi connectivity index (χ3v) is 6.61. The van der Waals surface area contributed by atoms with Crippen LogP contribution >= 0.6 is 0 Å². The van der Waals surface area contributed by atoms with Crippen LogP contribution in [-0.4, -0.2) is 43.2 Å². The summed E-state index contributed by atoms with van der Waals surface area (Å²) in [5.74, 6) is 0.359. The Morgan fingerprint density at radius 1 is 1.21 bits per heavy atom. The molecule has 34 heavy (non-hydrogen) atoms. The molecule has 1 amide bonds. The van der Waals surface area contributed by atoms with Crippen molar-refractivity contribution >= 4 is 27.4 Å². The zero-order chi connectivity index (χ0) is 24.9. The van der Waals surface area contributed by atoms with E-state index in [2.05, 4.69) is 10.3 Å². The second-order valence-electron chi connectivity index (χ2n) is 7.69. The highest BCUT2D eigenvalue weighted by Crippen LogP contribution is 2.32. The molecule has 2 heterocycles. The lowest BCUT2D eigenvalue weighted by Gasteiger charge is -2.23. The maximum atomic E-state index is 12.7. The highest BCUT2D eigenvalue weighted by Gasteiger charge is 2.46. The molecule has 0 unspecified atom stereocenters. The lowest BCUT2D eigenvalue weighted by Crippen LogP contribution is -2.26. The largest absolute Gasteiger partial charge is 0.501 e. The molecule has 0 fully saturated rings. The van der Waals surface area contributed by atoms with Crippen molar-refractivity contribution in [3.8, 4) is 0 Å². The van der Waals surface area contributed by atoms with Gasteiger partial charge in [-0.3, -0.25) is 5.32 Å². The minimum absolute atomic E-state index is 0.332. The molecule has 1 N–H and O–H groups in total. The van der Waals surface area contributed by atoms with E-state index in [1.807, 2.05) is 24.9 Å². The zero-order valence-electron chi connectivity index (χ0n) is 18.7. The van der Waals surface area contributed by atoms with Crippen LogP contribution in [0.15, 0.2) is 59.4 Å². The van der Waals surface area contributed by atoms with E-state index >= 15 is 0 Å². The Kier molecular flexibility index (Phi) is 7.70. The number of hydrogen-bond donors (Lipinski definition) is 1. The Labute approximate surface area is 195 Å². The number of amides is 1.